The summed E-state index contributed by atoms with van der Waals surface area (Å²) in [7, 11) is 1.60. The van der Waals surface area contributed by atoms with Crippen LogP contribution in [0.2, 0.25) is 0 Å². The van der Waals surface area contributed by atoms with E-state index in [9.17, 15) is 9.90 Å². The lowest BCUT2D eigenvalue weighted by atomic mass is 10.2. The van der Waals surface area contributed by atoms with Crippen LogP contribution in [0, 0.1) is 0 Å². The topological polar surface area (TPSA) is 77.2 Å². The molecule has 3 aromatic rings. The molecule has 0 fully saturated rings. The zero-order valence-electron chi connectivity index (χ0n) is 11.8. The van der Waals surface area contributed by atoms with E-state index in [2.05, 4.69) is 10.1 Å². The Bertz CT molecular complexity index is 810. The number of ether oxygens (including phenoxy) is 1. The van der Waals surface area contributed by atoms with E-state index in [1.165, 1.54) is 17.1 Å². The van der Waals surface area contributed by atoms with Crippen molar-refractivity contribution in [3.8, 4) is 22.8 Å². The first-order chi connectivity index (χ1) is 10.7. The van der Waals surface area contributed by atoms with Gasteiger partial charge in [-0.25, -0.2) is 14.5 Å². The third kappa shape index (κ3) is 2.54. The smallest absolute Gasteiger partial charge is 0.337 e. The number of aromatic nitrogens is 3. The predicted octanol–water partition coefficient (Wildman–Crippen LogP) is 2.64. The zero-order valence-corrected chi connectivity index (χ0v) is 11.8. The number of hydrogen-bond donors (Lipinski definition) is 1. The van der Waals surface area contributed by atoms with Crippen LogP contribution in [0.4, 0.5) is 0 Å². The fraction of sp³-hybridized carbons (Fsp3) is 0.0625. The highest BCUT2D eigenvalue weighted by molar-refractivity contribution is 5.91. The Hall–Kier alpha value is -3.15. The van der Waals surface area contributed by atoms with Crippen LogP contribution >= 0.6 is 0 Å². The molecule has 0 amide bonds. The molecule has 0 bridgehead atoms. The lowest BCUT2D eigenvalue weighted by Crippen LogP contribution is -2.05. The standard InChI is InChI=1S/C16H13N3O3/c1-22-12-8-6-11(7-9-12)15-17-10-19(18-15)14-5-3-2-4-13(14)16(20)21/h2-10H,1H3,(H,20,21). The summed E-state index contributed by atoms with van der Waals surface area (Å²) >= 11 is 0. The van der Waals surface area contributed by atoms with Crippen molar-refractivity contribution >= 4 is 5.97 Å². The Morgan fingerprint density at radius 2 is 1.86 bits per heavy atom. The van der Waals surface area contributed by atoms with Gasteiger partial charge in [-0.05, 0) is 36.4 Å². The van der Waals surface area contributed by atoms with Gasteiger partial charge < -0.3 is 9.84 Å². The second-order valence-corrected chi connectivity index (χ2v) is 4.56. The summed E-state index contributed by atoms with van der Waals surface area (Å²) in [5.74, 6) is 0.263. The maximum Gasteiger partial charge on any atom is 0.337 e. The van der Waals surface area contributed by atoms with E-state index in [0.29, 0.717) is 11.5 Å². The molecule has 6 nitrogen and oxygen atoms in total. The predicted molar refractivity (Wildman–Crippen MR) is 80.3 cm³/mol. The van der Waals surface area contributed by atoms with E-state index in [1.54, 1.807) is 25.3 Å². The summed E-state index contributed by atoms with van der Waals surface area (Å²) < 4.78 is 6.57. The lowest BCUT2D eigenvalue weighted by Gasteiger charge is -2.04. The van der Waals surface area contributed by atoms with Crippen molar-refractivity contribution in [3.63, 3.8) is 0 Å². The molecule has 0 aliphatic heterocycles. The van der Waals surface area contributed by atoms with E-state index in [0.717, 1.165) is 11.3 Å². The highest BCUT2D eigenvalue weighted by atomic mass is 16.5. The van der Waals surface area contributed by atoms with Crippen LogP contribution in [0.5, 0.6) is 5.75 Å². The molecule has 1 N–H and O–H groups in total. The second-order valence-electron chi connectivity index (χ2n) is 4.56. The zero-order chi connectivity index (χ0) is 15.5. The van der Waals surface area contributed by atoms with Gasteiger partial charge >= 0.3 is 5.97 Å². The third-order valence-electron chi connectivity index (χ3n) is 3.22. The van der Waals surface area contributed by atoms with Gasteiger partial charge in [-0.3, -0.25) is 0 Å². The minimum Gasteiger partial charge on any atom is -0.497 e. The molecule has 0 aliphatic carbocycles. The van der Waals surface area contributed by atoms with Crippen molar-refractivity contribution in [3.05, 3.63) is 60.4 Å². The fourth-order valence-electron chi connectivity index (χ4n) is 2.11. The normalized spacial score (nSPS) is 10.4. The first kappa shape index (κ1) is 13.8. The monoisotopic (exact) mass is 295 g/mol. The first-order valence-corrected chi connectivity index (χ1v) is 6.58. The van der Waals surface area contributed by atoms with Crippen molar-refractivity contribution in [2.24, 2.45) is 0 Å². The summed E-state index contributed by atoms with van der Waals surface area (Å²) in [5.41, 5.74) is 1.48. The molecule has 110 valence electrons. The van der Waals surface area contributed by atoms with E-state index in [4.69, 9.17) is 4.74 Å². The highest BCUT2D eigenvalue weighted by Gasteiger charge is 2.13. The number of para-hydroxylation sites is 1. The second kappa shape index (κ2) is 5.69. The summed E-state index contributed by atoms with van der Waals surface area (Å²) in [6.45, 7) is 0. The maximum absolute atomic E-state index is 11.3. The van der Waals surface area contributed by atoms with Gasteiger partial charge in [0.2, 0.25) is 0 Å². The molecule has 0 spiro atoms. The van der Waals surface area contributed by atoms with Gasteiger partial charge in [0.25, 0.3) is 0 Å². The lowest BCUT2D eigenvalue weighted by molar-refractivity contribution is 0.0696. The summed E-state index contributed by atoms with van der Waals surface area (Å²) in [6, 6.07) is 14.0. The average Bonchev–Trinajstić information content (AvgIpc) is 3.04. The SMILES string of the molecule is COc1ccc(-c2ncn(-c3ccccc3C(=O)O)n2)cc1. The van der Waals surface area contributed by atoms with E-state index >= 15 is 0 Å². The van der Waals surface area contributed by atoms with E-state index in [-0.39, 0.29) is 5.56 Å². The summed E-state index contributed by atoms with van der Waals surface area (Å²) in [5, 5.41) is 13.6. The van der Waals surface area contributed by atoms with Gasteiger partial charge in [0.15, 0.2) is 5.82 Å². The van der Waals surface area contributed by atoms with Gasteiger partial charge in [0, 0.05) is 5.56 Å². The minimum atomic E-state index is -1.00. The minimum absolute atomic E-state index is 0.175. The molecule has 0 radical (unpaired) electrons. The Morgan fingerprint density at radius 3 is 2.55 bits per heavy atom. The van der Waals surface area contributed by atoms with Crippen LogP contribution < -0.4 is 4.74 Å². The molecule has 22 heavy (non-hydrogen) atoms. The third-order valence-corrected chi connectivity index (χ3v) is 3.22. The van der Waals surface area contributed by atoms with Crippen LogP contribution in [0.15, 0.2) is 54.9 Å². The number of carboxylic acids is 1. The molecule has 1 aromatic heterocycles. The van der Waals surface area contributed by atoms with Crippen LogP contribution in [-0.2, 0) is 0 Å². The Kier molecular flexibility index (Phi) is 3.57. The van der Waals surface area contributed by atoms with Crippen molar-refractivity contribution in [1.82, 2.24) is 14.8 Å². The Morgan fingerprint density at radius 1 is 1.14 bits per heavy atom. The van der Waals surface area contributed by atoms with Crippen molar-refractivity contribution in [2.45, 2.75) is 0 Å². The molecule has 0 aliphatic rings. The molecule has 2 aromatic carbocycles. The van der Waals surface area contributed by atoms with Crippen LogP contribution in [0.1, 0.15) is 10.4 Å². The van der Waals surface area contributed by atoms with Gasteiger partial charge in [-0.1, -0.05) is 12.1 Å². The first-order valence-electron chi connectivity index (χ1n) is 6.58. The maximum atomic E-state index is 11.3. The van der Waals surface area contributed by atoms with Crippen LogP contribution in [0.25, 0.3) is 17.1 Å². The number of nitrogens with zero attached hydrogens (tertiary/aromatic N) is 3. The molecular formula is C16H13N3O3. The quantitative estimate of drug-likeness (QED) is 0.800. The molecule has 0 unspecified atom stereocenters. The fourth-order valence-corrected chi connectivity index (χ4v) is 2.11. The van der Waals surface area contributed by atoms with Gasteiger partial charge in [-0.2, -0.15) is 0 Å². The molecule has 0 atom stereocenters. The summed E-state index contributed by atoms with van der Waals surface area (Å²) in [4.78, 5) is 15.5. The van der Waals surface area contributed by atoms with Crippen molar-refractivity contribution in [1.29, 1.82) is 0 Å². The average molecular weight is 295 g/mol. The van der Waals surface area contributed by atoms with Crippen molar-refractivity contribution in [2.75, 3.05) is 7.11 Å². The number of aromatic carboxylic acids is 1. The molecule has 6 heteroatoms. The van der Waals surface area contributed by atoms with E-state index < -0.39 is 5.97 Å². The Balaban J connectivity index is 1.98. The van der Waals surface area contributed by atoms with Crippen molar-refractivity contribution < 1.29 is 14.6 Å². The molecular weight excluding hydrogens is 282 g/mol. The number of rotatable bonds is 4. The molecule has 0 saturated carbocycles. The summed E-state index contributed by atoms with van der Waals surface area (Å²) in [6.07, 6.45) is 1.50. The van der Waals surface area contributed by atoms with E-state index in [1.807, 2.05) is 24.3 Å². The van der Waals surface area contributed by atoms with Gasteiger partial charge in [0.05, 0.1) is 18.4 Å². The largest absolute Gasteiger partial charge is 0.497 e. The number of carboxylic acid groups (broad SMARTS) is 1. The van der Waals surface area contributed by atoms with Gasteiger partial charge in [0.1, 0.15) is 12.1 Å². The molecule has 1 heterocycles. The number of methoxy groups -OCH3 is 1. The molecule has 3 rings (SSSR count). The Labute approximate surface area is 126 Å². The van der Waals surface area contributed by atoms with Crippen LogP contribution in [0.3, 0.4) is 0 Å². The molecule has 0 saturated heterocycles. The highest BCUT2D eigenvalue weighted by Crippen LogP contribution is 2.20. The number of carbonyl (C=O) groups is 1. The van der Waals surface area contributed by atoms with Gasteiger partial charge in [-0.15, -0.1) is 5.10 Å². The number of hydrogen-bond acceptors (Lipinski definition) is 4. The number of benzene rings is 2. The van der Waals surface area contributed by atoms with Crippen LogP contribution in [-0.4, -0.2) is 33.0 Å².